The number of amides is 1. The number of nitrogens with zero attached hydrogens (tertiary/aromatic N) is 1. The van der Waals surface area contributed by atoms with Crippen LogP contribution in [0.5, 0.6) is 0 Å². The number of hydrogen-bond donors (Lipinski definition) is 1. The van der Waals surface area contributed by atoms with Crippen LogP contribution in [0.15, 0.2) is 48.5 Å². The number of fused-ring (bicyclic) bond motifs is 3. The summed E-state index contributed by atoms with van der Waals surface area (Å²) in [5.41, 5.74) is 4.13. The van der Waals surface area contributed by atoms with E-state index in [0.29, 0.717) is 32.0 Å². The number of carbonyl (C=O) groups excluding carboxylic acids is 1. The SMILES string of the molecule is CC(C)(CCC1CCN(C(=O)OCC2c3ccccc3-c3ccccc32)C1)C(=O)O. The van der Waals surface area contributed by atoms with Crippen molar-refractivity contribution in [2.24, 2.45) is 11.3 Å². The first-order valence-corrected chi connectivity index (χ1v) is 10.7. The second kappa shape index (κ2) is 8.13. The molecule has 0 bridgehead atoms. The maximum atomic E-state index is 12.7. The highest BCUT2D eigenvalue weighted by atomic mass is 16.6. The van der Waals surface area contributed by atoms with Crippen LogP contribution in [0.4, 0.5) is 4.79 Å². The van der Waals surface area contributed by atoms with Gasteiger partial charge in [0.15, 0.2) is 0 Å². The fraction of sp³-hybridized carbons (Fsp3) is 0.440. The molecule has 1 saturated heterocycles. The average Bonchev–Trinajstić information content (AvgIpc) is 3.34. The molecule has 2 aliphatic rings. The predicted octanol–water partition coefficient (Wildman–Crippen LogP) is 5.15. The van der Waals surface area contributed by atoms with Crippen molar-refractivity contribution in [3.63, 3.8) is 0 Å². The lowest BCUT2D eigenvalue weighted by molar-refractivity contribution is -0.147. The van der Waals surface area contributed by atoms with Gasteiger partial charge in [-0.25, -0.2) is 4.79 Å². The Morgan fingerprint density at radius 3 is 2.27 bits per heavy atom. The van der Waals surface area contributed by atoms with Crippen LogP contribution in [0.25, 0.3) is 11.1 Å². The Hall–Kier alpha value is -2.82. The molecule has 1 heterocycles. The summed E-state index contributed by atoms with van der Waals surface area (Å²) in [5.74, 6) is -0.367. The van der Waals surface area contributed by atoms with Gasteiger partial charge >= 0.3 is 12.1 Å². The Bertz CT molecular complexity index is 906. The molecule has 4 rings (SSSR count). The van der Waals surface area contributed by atoms with E-state index in [1.807, 2.05) is 24.3 Å². The van der Waals surface area contributed by atoms with Crippen molar-refractivity contribution in [2.75, 3.05) is 19.7 Å². The second-order valence-electron chi connectivity index (χ2n) is 9.13. The number of carbonyl (C=O) groups is 2. The minimum atomic E-state index is -0.770. The normalized spacial score (nSPS) is 18.2. The van der Waals surface area contributed by atoms with E-state index in [1.54, 1.807) is 18.7 Å². The van der Waals surface area contributed by atoms with Gasteiger partial charge in [-0.05, 0) is 61.3 Å². The van der Waals surface area contributed by atoms with Gasteiger partial charge in [-0.3, -0.25) is 4.79 Å². The van der Waals surface area contributed by atoms with Gasteiger partial charge in [-0.2, -0.15) is 0 Å². The molecule has 0 aromatic heterocycles. The molecule has 2 aromatic carbocycles. The predicted molar refractivity (Wildman–Crippen MR) is 115 cm³/mol. The van der Waals surface area contributed by atoms with Crippen LogP contribution in [-0.2, 0) is 9.53 Å². The Labute approximate surface area is 177 Å². The molecule has 1 N–H and O–H groups in total. The van der Waals surface area contributed by atoms with E-state index in [9.17, 15) is 14.7 Å². The Kier molecular flexibility index (Phi) is 5.54. The van der Waals surface area contributed by atoms with Gasteiger partial charge < -0.3 is 14.7 Å². The van der Waals surface area contributed by atoms with Crippen LogP contribution in [0.1, 0.15) is 50.2 Å². The number of carboxylic acids is 1. The lowest BCUT2D eigenvalue weighted by Gasteiger charge is -2.22. The zero-order valence-electron chi connectivity index (χ0n) is 17.6. The molecule has 0 radical (unpaired) electrons. The fourth-order valence-corrected chi connectivity index (χ4v) is 4.59. The smallest absolute Gasteiger partial charge is 0.409 e. The number of carboxylic acid groups (broad SMARTS) is 1. The van der Waals surface area contributed by atoms with Crippen LogP contribution >= 0.6 is 0 Å². The van der Waals surface area contributed by atoms with Gasteiger partial charge in [-0.1, -0.05) is 48.5 Å². The molecule has 5 heteroatoms. The largest absolute Gasteiger partial charge is 0.481 e. The van der Waals surface area contributed by atoms with Gasteiger partial charge in [0.25, 0.3) is 0 Å². The number of benzene rings is 2. The first-order valence-electron chi connectivity index (χ1n) is 10.7. The summed E-state index contributed by atoms with van der Waals surface area (Å²) in [6.07, 6.45) is 2.06. The third-order valence-corrected chi connectivity index (χ3v) is 6.64. The molecule has 30 heavy (non-hydrogen) atoms. The first-order chi connectivity index (χ1) is 14.4. The summed E-state index contributed by atoms with van der Waals surface area (Å²) in [5, 5.41) is 9.28. The average molecular weight is 408 g/mol. The lowest BCUT2D eigenvalue weighted by atomic mass is 9.84. The third kappa shape index (κ3) is 3.93. The standard InChI is InChI=1S/C25H29NO4/c1-25(2,23(27)28)13-11-17-12-14-26(15-17)24(29)30-16-22-20-9-5-3-7-18(20)19-8-4-6-10-21(19)22/h3-10,17,22H,11-16H2,1-2H3,(H,27,28). The number of aliphatic carboxylic acids is 1. The van der Waals surface area contributed by atoms with Gasteiger partial charge in [0.1, 0.15) is 6.61 Å². The summed E-state index contributed by atoms with van der Waals surface area (Å²) in [6, 6.07) is 16.6. The van der Waals surface area contributed by atoms with E-state index in [0.717, 1.165) is 12.8 Å². The molecule has 1 unspecified atom stereocenters. The van der Waals surface area contributed by atoms with Crippen molar-refractivity contribution in [3.8, 4) is 11.1 Å². The highest BCUT2D eigenvalue weighted by Gasteiger charge is 2.33. The Morgan fingerprint density at radius 2 is 1.67 bits per heavy atom. The molecule has 5 nitrogen and oxygen atoms in total. The van der Waals surface area contributed by atoms with Crippen LogP contribution < -0.4 is 0 Å². The van der Waals surface area contributed by atoms with Gasteiger partial charge in [0.2, 0.25) is 0 Å². The van der Waals surface area contributed by atoms with E-state index in [1.165, 1.54) is 22.3 Å². The second-order valence-corrected chi connectivity index (χ2v) is 9.13. The summed E-state index contributed by atoms with van der Waals surface area (Å²) in [4.78, 5) is 25.8. The van der Waals surface area contributed by atoms with E-state index >= 15 is 0 Å². The van der Waals surface area contributed by atoms with Crippen molar-refractivity contribution >= 4 is 12.1 Å². The van der Waals surface area contributed by atoms with Crippen LogP contribution in [0, 0.1) is 11.3 Å². The maximum absolute atomic E-state index is 12.7. The van der Waals surface area contributed by atoms with Crippen LogP contribution in [0.3, 0.4) is 0 Å². The minimum absolute atomic E-state index is 0.0658. The van der Waals surface area contributed by atoms with Crippen LogP contribution in [-0.4, -0.2) is 41.8 Å². The lowest BCUT2D eigenvalue weighted by Crippen LogP contribution is -2.31. The van der Waals surface area contributed by atoms with Crippen molar-refractivity contribution in [1.82, 2.24) is 4.90 Å². The topological polar surface area (TPSA) is 66.8 Å². The molecular weight excluding hydrogens is 378 g/mol. The summed E-state index contributed by atoms with van der Waals surface area (Å²) < 4.78 is 5.75. The van der Waals surface area contributed by atoms with Crippen molar-refractivity contribution < 1.29 is 19.4 Å². The summed E-state index contributed by atoms with van der Waals surface area (Å²) >= 11 is 0. The third-order valence-electron chi connectivity index (χ3n) is 6.64. The molecule has 1 amide bonds. The van der Waals surface area contributed by atoms with Gasteiger partial charge in [0.05, 0.1) is 5.41 Å². The quantitative estimate of drug-likeness (QED) is 0.719. The molecule has 1 aliphatic carbocycles. The van der Waals surface area contributed by atoms with E-state index in [2.05, 4.69) is 24.3 Å². The molecule has 1 aliphatic heterocycles. The minimum Gasteiger partial charge on any atom is -0.481 e. The number of ether oxygens (including phenoxy) is 1. The summed E-state index contributed by atoms with van der Waals surface area (Å²) in [7, 11) is 0. The zero-order chi connectivity index (χ0) is 21.3. The zero-order valence-corrected chi connectivity index (χ0v) is 17.6. The molecule has 158 valence electrons. The highest BCUT2D eigenvalue weighted by molar-refractivity contribution is 5.79. The first kappa shape index (κ1) is 20.5. The monoisotopic (exact) mass is 407 g/mol. The Balaban J connectivity index is 1.34. The molecule has 0 spiro atoms. The van der Waals surface area contributed by atoms with Crippen molar-refractivity contribution in [3.05, 3.63) is 59.7 Å². The van der Waals surface area contributed by atoms with E-state index in [4.69, 9.17) is 4.74 Å². The van der Waals surface area contributed by atoms with E-state index in [-0.39, 0.29) is 12.0 Å². The van der Waals surface area contributed by atoms with Gasteiger partial charge in [-0.15, -0.1) is 0 Å². The van der Waals surface area contributed by atoms with Crippen molar-refractivity contribution in [2.45, 2.75) is 39.0 Å². The molecule has 0 saturated carbocycles. The number of likely N-dealkylation sites (tertiary alicyclic amines) is 1. The Morgan fingerprint density at radius 1 is 1.07 bits per heavy atom. The summed E-state index contributed by atoms with van der Waals surface area (Å²) in [6.45, 7) is 5.17. The van der Waals surface area contributed by atoms with Crippen molar-refractivity contribution in [1.29, 1.82) is 0 Å². The highest BCUT2D eigenvalue weighted by Crippen LogP contribution is 2.44. The maximum Gasteiger partial charge on any atom is 0.409 e. The molecule has 1 atom stereocenters. The van der Waals surface area contributed by atoms with Crippen LogP contribution in [0.2, 0.25) is 0 Å². The fourth-order valence-electron chi connectivity index (χ4n) is 4.59. The number of rotatable bonds is 6. The number of hydrogen-bond acceptors (Lipinski definition) is 3. The van der Waals surface area contributed by atoms with E-state index < -0.39 is 11.4 Å². The van der Waals surface area contributed by atoms with Gasteiger partial charge in [0, 0.05) is 19.0 Å². The molecule has 2 aromatic rings. The molecule has 1 fully saturated rings. The molecular formula is C25H29NO4.